The van der Waals surface area contributed by atoms with E-state index in [0.29, 0.717) is 5.69 Å². The summed E-state index contributed by atoms with van der Waals surface area (Å²) in [6.07, 6.45) is 3.92. The summed E-state index contributed by atoms with van der Waals surface area (Å²) in [5, 5.41) is 4.73. The van der Waals surface area contributed by atoms with Crippen molar-refractivity contribution in [2.75, 3.05) is 12.4 Å². The first kappa shape index (κ1) is 16.3. The maximum Gasteiger partial charge on any atom is 0.255 e. The zero-order valence-corrected chi connectivity index (χ0v) is 14.6. The van der Waals surface area contributed by atoms with Gasteiger partial charge >= 0.3 is 0 Å². The van der Waals surface area contributed by atoms with E-state index in [-0.39, 0.29) is 17.2 Å². The van der Waals surface area contributed by atoms with Crippen LogP contribution in [0.5, 0.6) is 5.75 Å². The number of ether oxygens (including phenoxy) is 1. The Labute approximate surface area is 152 Å². The molecule has 1 amide bonds. The van der Waals surface area contributed by atoms with Crippen LogP contribution in [0.15, 0.2) is 60.2 Å². The van der Waals surface area contributed by atoms with E-state index in [4.69, 9.17) is 4.74 Å². The molecule has 4 aromatic rings. The molecule has 0 aliphatic rings. The van der Waals surface area contributed by atoms with Gasteiger partial charge < -0.3 is 10.1 Å². The van der Waals surface area contributed by atoms with Gasteiger partial charge in [-0.2, -0.15) is 0 Å². The number of fused-ring (bicyclic) bond motifs is 1. The van der Waals surface area contributed by atoms with Crippen LogP contribution < -0.4 is 10.1 Å². The molecule has 0 aliphatic heterocycles. The third kappa shape index (κ3) is 3.04. The minimum absolute atomic E-state index is 0.103. The average molecular weight is 367 g/mol. The molecule has 0 fully saturated rings. The van der Waals surface area contributed by atoms with Crippen molar-refractivity contribution in [3.63, 3.8) is 0 Å². The quantitative estimate of drug-likeness (QED) is 0.579. The number of thiazole rings is 1. The third-order valence-corrected chi connectivity index (χ3v) is 4.72. The van der Waals surface area contributed by atoms with Crippen molar-refractivity contribution < 1.29 is 13.9 Å². The van der Waals surface area contributed by atoms with Gasteiger partial charge in [-0.15, -0.1) is 11.3 Å². The molecule has 0 spiro atoms. The Hall–Kier alpha value is -3.19. The molecule has 1 N–H and O–H groups in total. The molecule has 5 nitrogen and oxygen atoms in total. The summed E-state index contributed by atoms with van der Waals surface area (Å²) in [4.78, 5) is 17.7. The molecule has 2 aromatic carbocycles. The number of benzene rings is 2. The highest BCUT2D eigenvalue weighted by molar-refractivity contribution is 7.15. The van der Waals surface area contributed by atoms with Crippen LogP contribution in [0.25, 0.3) is 16.2 Å². The largest absolute Gasteiger partial charge is 0.494 e. The van der Waals surface area contributed by atoms with Gasteiger partial charge in [0.05, 0.1) is 12.8 Å². The number of methoxy groups -OCH3 is 1. The summed E-state index contributed by atoms with van der Waals surface area (Å²) < 4.78 is 20.6. The Morgan fingerprint density at radius 3 is 2.73 bits per heavy atom. The predicted octanol–water partition coefficient (Wildman–Crippen LogP) is 4.46. The molecule has 0 atom stereocenters. The average Bonchev–Trinajstić information content (AvgIpc) is 3.24. The molecule has 0 saturated heterocycles. The summed E-state index contributed by atoms with van der Waals surface area (Å²) in [5.74, 6) is -0.858. The fourth-order valence-corrected chi connectivity index (χ4v) is 3.30. The number of rotatable bonds is 4. The lowest BCUT2D eigenvalue weighted by Gasteiger charge is -2.07. The lowest BCUT2D eigenvalue weighted by molar-refractivity contribution is 0.102. The molecule has 2 heterocycles. The number of hydrogen-bond acceptors (Lipinski definition) is 4. The minimum atomic E-state index is -0.574. The lowest BCUT2D eigenvalue weighted by Crippen LogP contribution is -2.12. The number of anilines is 1. The van der Waals surface area contributed by atoms with Crippen LogP contribution in [0, 0.1) is 5.82 Å². The smallest absolute Gasteiger partial charge is 0.255 e. The summed E-state index contributed by atoms with van der Waals surface area (Å²) >= 11 is 1.57. The van der Waals surface area contributed by atoms with E-state index in [0.717, 1.165) is 22.3 Å². The van der Waals surface area contributed by atoms with Gasteiger partial charge in [-0.25, -0.2) is 9.37 Å². The van der Waals surface area contributed by atoms with E-state index >= 15 is 0 Å². The number of nitrogens with zero attached hydrogens (tertiary/aromatic N) is 2. The van der Waals surface area contributed by atoms with Gasteiger partial charge in [-0.3, -0.25) is 9.20 Å². The second kappa shape index (κ2) is 6.61. The van der Waals surface area contributed by atoms with Crippen molar-refractivity contribution >= 4 is 27.9 Å². The number of amides is 1. The molecule has 26 heavy (non-hydrogen) atoms. The van der Waals surface area contributed by atoms with Crippen molar-refractivity contribution in [1.29, 1.82) is 0 Å². The lowest BCUT2D eigenvalue weighted by atomic mass is 10.1. The summed E-state index contributed by atoms with van der Waals surface area (Å²) in [7, 11) is 1.38. The fourth-order valence-electron chi connectivity index (χ4n) is 2.60. The van der Waals surface area contributed by atoms with Crippen molar-refractivity contribution in [1.82, 2.24) is 9.38 Å². The number of nitrogens with one attached hydrogen (secondary N) is 1. The second-order valence-electron chi connectivity index (χ2n) is 5.60. The standard InChI is InChI=1S/C19H14FN3O2S/c1-25-17-7-4-13(10-15(17)20)18(24)21-14-5-2-12(3-6-14)16-11-23-8-9-26-19(23)22-16/h2-11H,1H3,(H,21,24). The molecular weight excluding hydrogens is 353 g/mol. The van der Waals surface area contributed by atoms with Crippen LogP contribution in [0.4, 0.5) is 10.1 Å². The van der Waals surface area contributed by atoms with Crippen molar-refractivity contribution in [2.24, 2.45) is 0 Å². The number of carbonyl (C=O) groups excluding carboxylic acids is 1. The Balaban J connectivity index is 1.51. The van der Waals surface area contributed by atoms with Crippen molar-refractivity contribution in [3.05, 3.63) is 71.6 Å². The third-order valence-electron chi connectivity index (χ3n) is 3.95. The zero-order chi connectivity index (χ0) is 18.1. The van der Waals surface area contributed by atoms with E-state index in [1.165, 1.54) is 19.2 Å². The van der Waals surface area contributed by atoms with Gasteiger partial charge in [-0.1, -0.05) is 12.1 Å². The van der Waals surface area contributed by atoms with Crippen molar-refractivity contribution in [2.45, 2.75) is 0 Å². The molecular formula is C19H14FN3O2S. The number of imidazole rings is 1. The highest BCUT2D eigenvalue weighted by Crippen LogP contribution is 2.24. The van der Waals surface area contributed by atoms with E-state index in [1.807, 2.05) is 34.3 Å². The first-order valence-electron chi connectivity index (χ1n) is 7.81. The maximum absolute atomic E-state index is 13.7. The number of aromatic nitrogens is 2. The van der Waals surface area contributed by atoms with E-state index in [2.05, 4.69) is 10.3 Å². The van der Waals surface area contributed by atoms with Gasteiger partial charge in [0.25, 0.3) is 5.91 Å². The van der Waals surface area contributed by atoms with E-state index < -0.39 is 5.82 Å². The highest BCUT2D eigenvalue weighted by atomic mass is 32.1. The normalized spacial score (nSPS) is 10.8. The van der Waals surface area contributed by atoms with Gasteiger partial charge in [0.1, 0.15) is 0 Å². The fraction of sp³-hybridized carbons (Fsp3) is 0.0526. The number of hydrogen-bond donors (Lipinski definition) is 1. The SMILES string of the molecule is COc1ccc(C(=O)Nc2ccc(-c3cn4ccsc4n3)cc2)cc1F. The van der Waals surface area contributed by atoms with Gasteiger partial charge in [-0.05, 0) is 30.3 Å². The monoisotopic (exact) mass is 367 g/mol. The molecule has 130 valence electrons. The molecule has 4 rings (SSSR count). The maximum atomic E-state index is 13.7. The Morgan fingerprint density at radius 2 is 2.04 bits per heavy atom. The molecule has 0 unspecified atom stereocenters. The molecule has 7 heteroatoms. The van der Waals surface area contributed by atoms with Crippen LogP contribution in [0.1, 0.15) is 10.4 Å². The summed E-state index contributed by atoms with van der Waals surface area (Å²) in [5.41, 5.74) is 2.67. The first-order chi connectivity index (χ1) is 12.6. The van der Waals surface area contributed by atoms with E-state index in [1.54, 1.807) is 23.5 Å². The molecule has 0 saturated carbocycles. The Morgan fingerprint density at radius 1 is 1.23 bits per heavy atom. The summed E-state index contributed by atoms with van der Waals surface area (Å²) in [6.45, 7) is 0. The molecule has 2 aromatic heterocycles. The van der Waals surface area contributed by atoms with E-state index in [9.17, 15) is 9.18 Å². The number of halogens is 1. The highest BCUT2D eigenvalue weighted by Gasteiger charge is 2.11. The predicted molar refractivity (Wildman–Crippen MR) is 99.4 cm³/mol. The molecule has 0 aliphatic carbocycles. The number of carbonyl (C=O) groups is 1. The van der Waals surface area contributed by atoms with Gasteiger partial charge in [0.2, 0.25) is 0 Å². The zero-order valence-electron chi connectivity index (χ0n) is 13.8. The van der Waals surface area contributed by atoms with Crippen LogP contribution >= 0.6 is 11.3 Å². The second-order valence-corrected chi connectivity index (χ2v) is 6.47. The van der Waals surface area contributed by atoms with Crippen LogP contribution in [0.3, 0.4) is 0 Å². The Bertz CT molecular complexity index is 1060. The Kier molecular flexibility index (Phi) is 4.14. The first-order valence-corrected chi connectivity index (χ1v) is 8.69. The van der Waals surface area contributed by atoms with Crippen LogP contribution in [0.2, 0.25) is 0 Å². The van der Waals surface area contributed by atoms with Crippen molar-refractivity contribution in [3.8, 4) is 17.0 Å². The molecule has 0 radical (unpaired) electrons. The van der Waals surface area contributed by atoms with Gasteiger partial charge in [0, 0.05) is 34.6 Å². The van der Waals surface area contributed by atoms with Crippen LogP contribution in [-0.4, -0.2) is 22.4 Å². The summed E-state index contributed by atoms with van der Waals surface area (Å²) in [6, 6.07) is 11.5. The van der Waals surface area contributed by atoms with Gasteiger partial charge in [0.15, 0.2) is 16.5 Å². The minimum Gasteiger partial charge on any atom is -0.494 e. The topological polar surface area (TPSA) is 55.6 Å². The van der Waals surface area contributed by atoms with Crippen LogP contribution in [-0.2, 0) is 0 Å². The molecule has 0 bridgehead atoms.